The quantitative estimate of drug-likeness (QED) is 0.774. The van der Waals surface area contributed by atoms with Crippen LogP contribution in [0.25, 0.3) is 0 Å². The molecule has 6 nitrogen and oxygen atoms in total. The normalized spacial score (nSPS) is 15.7. The zero-order valence-corrected chi connectivity index (χ0v) is 15.0. The summed E-state index contributed by atoms with van der Waals surface area (Å²) in [5, 5.41) is 2.82. The molecule has 27 heavy (non-hydrogen) atoms. The Balaban J connectivity index is 1.57. The van der Waals surface area contributed by atoms with Crippen LogP contribution in [0.4, 0.5) is 10.6 Å². The monoisotopic (exact) mass is 360 g/mol. The molecule has 1 aromatic heterocycles. The van der Waals surface area contributed by atoms with Gasteiger partial charge in [0.1, 0.15) is 0 Å². The number of urea groups is 1. The van der Waals surface area contributed by atoms with Gasteiger partial charge in [0, 0.05) is 19.0 Å². The van der Waals surface area contributed by atoms with E-state index >= 15 is 0 Å². The molecule has 1 atom stereocenters. The summed E-state index contributed by atoms with van der Waals surface area (Å²) in [6.45, 7) is 1.17. The maximum absolute atomic E-state index is 12.8. The van der Waals surface area contributed by atoms with Gasteiger partial charge in [-0.1, -0.05) is 54.6 Å². The van der Waals surface area contributed by atoms with Crippen LogP contribution in [0.2, 0.25) is 0 Å². The van der Waals surface area contributed by atoms with Gasteiger partial charge in [-0.2, -0.15) is 0 Å². The first-order chi connectivity index (χ1) is 13.2. The lowest BCUT2D eigenvalue weighted by Crippen LogP contribution is -2.41. The number of aromatic nitrogens is 2. The molecular formula is C21H20N4O2. The summed E-state index contributed by atoms with van der Waals surface area (Å²) in [7, 11) is 1.52. The van der Waals surface area contributed by atoms with Gasteiger partial charge in [0.2, 0.25) is 5.88 Å². The van der Waals surface area contributed by atoms with Crippen molar-refractivity contribution < 1.29 is 9.53 Å². The van der Waals surface area contributed by atoms with Crippen LogP contribution >= 0.6 is 0 Å². The second-order valence-corrected chi connectivity index (χ2v) is 6.42. The van der Waals surface area contributed by atoms with E-state index < -0.39 is 0 Å². The molecule has 2 amide bonds. The summed E-state index contributed by atoms with van der Waals surface area (Å²) in [5.41, 5.74) is 3.64. The van der Waals surface area contributed by atoms with Crippen molar-refractivity contribution in [3.63, 3.8) is 0 Å². The second kappa shape index (κ2) is 7.45. The van der Waals surface area contributed by atoms with E-state index in [1.165, 1.54) is 30.6 Å². The molecule has 1 N–H and O–H groups in total. The Morgan fingerprint density at radius 3 is 2.59 bits per heavy atom. The van der Waals surface area contributed by atoms with Gasteiger partial charge >= 0.3 is 6.03 Å². The molecule has 0 saturated carbocycles. The van der Waals surface area contributed by atoms with E-state index in [1.54, 1.807) is 0 Å². The Morgan fingerprint density at radius 1 is 1.07 bits per heavy atom. The van der Waals surface area contributed by atoms with E-state index in [0.29, 0.717) is 24.8 Å². The van der Waals surface area contributed by atoms with Crippen LogP contribution in [0.3, 0.4) is 0 Å². The van der Waals surface area contributed by atoms with Gasteiger partial charge in [0.15, 0.2) is 5.82 Å². The van der Waals surface area contributed by atoms with Crippen molar-refractivity contribution in [1.82, 2.24) is 14.9 Å². The number of carbonyl (C=O) groups excluding carboxylic acids is 1. The van der Waals surface area contributed by atoms with Gasteiger partial charge in [-0.25, -0.2) is 14.8 Å². The maximum Gasteiger partial charge on any atom is 0.323 e. The first-order valence-electron chi connectivity index (χ1n) is 8.79. The molecule has 3 aromatic rings. The molecule has 0 aliphatic carbocycles. The highest BCUT2D eigenvalue weighted by Crippen LogP contribution is 2.33. The number of nitrogens with zero attached hydrogens (tertiary/aromatic N) is 3. The zero-order chi connectivity index (χ0) is 18.6. The molecule has 2 aromatic carbocycles. The number of hydrogen-bond acceptors (Lipinski definition) is 4. The number of benzene rings is 2. The second-order valence-electron chi connectivity index (χ2n) is 6.42. The van der Waals surface area contributed by atoms with Crippen molar-refractivity contribution in [3.05, 3.63) is 83.7 Å². The van der Waals surface area contributed by atoms with E-state index in [2.05, 4.69) is 45.6 Å². The molecule has 1 unspecified atom stereocenters. The largest absolute Gasteiger partial charge is 0.480 e. The topological polar surface area (TPSA) is 67.3 Å². The molecule has 2 heterocycles. The number of anilines is 1. The number of ether oxygens (including phenoxy) is 1. The van der Waals surface area contributed by atoms with Crippen LogP contribution in [0.5, 0.6) is 5.88 Å². The predicted molar refractivity (Wildman–Crippen MR) is 103 cm³/mol. The van der Waals surface area contributed by atoms with Crippen LogP contribution in [-0.4, -0.2) is 34.6 Å². The van der Waals surface area contributed by atoms with Crippen LogP contribution in [0, 0.1) is 0 Å². The van der Waals surface area contributed by atoms with E-state index in [1.807, 2.05) is 29.2 Å². The minimum absolute atomic E-state index is 0.142. The maximum atomic E-state index is 12.8. The summed E-state index contributed by atoms with van der Waals surface area (Å²) in [6.07, 6.45) is 2.97. The minimum atomic E-state index is -0.190. The number of amides is 2. The fourth-order valence-corrected chi connectivity index (χ4v) is 3.41. The van der Waals surface area contributed by atoms with Crippen molar-refractivity contribution in [1.29, 1.82) is 0 Å². The van der Waals surface area contributed by atoms with Gasteiger partial charge in [-0.15, -0.1) is 0 Å². The van der Waals surface area contributed by atoms with Crippen molar-refractivity contribution in [2.75, 3.05) is 19.0 Å². The van der Waals surface area contributed by atoms with Gasteiger partial charge in [-0.3, -0.25) is 5.32 Å². The highest BCUT2D eigenvalue weighted by atomic mass is 16.5. The van der Waals surface area contributed by atoms with E-state index in [0.717, 1.165) is 5.56 Å². The highest BCUT2D eigenvalue weighted by Gasteiger charge is 2.29. The van der Waals surface area contributed by atoms with Crippen LogP contribution in [-0.2, 0) is 6.54 Å². The smallest absolute Gasteiger partial charge is 0.323 e. The summed E-state index contributed by atoms with van der Waals surface area (Å²) in [5.74, 6) is 0.948. The molecule has 0 bridgehead atoms. The number of fused-ring (bicyclic) bond motifs is 1. The van der Waals surface area contributed by atoms with Gasteiger partial charge < -0.3 is 9.64 Å². The van der Waals surface area contributed by atoms with Crippen LogP contribution in [0.15, 0.2) is 67.0 Å². The highest BCUT2D eigenvalue weighted by molar-refractivity contribution is 5.88. The van der Waals surface area contributed by atoms with E-state index in [-0.39, 0.29) is 11.9 Å². The van der Waals surface area contributed by atoms with Crippen LogP contribution in [0.1, 0.15) is 22.6 Å². The van der Waals surface area contributed by atoms with Crippen molar-refractivity contribution in [3.8, 4) is 5.88 Å². The SMILES string of the molecule is COc1cnc(NC(=O)N2Cc3ccccc3C(c3ccccc3)C2)cn1. The summed E-state index contributed by atoms with van der Waals surface area (Å²) >= 11 is 0. The standard InChI is InChI=1S/C21H20N4O2/c1-27-20-12-22-19(11-23-20)24-21(26)25-13-16-9-5-6-10-17(16)18(14-25)15-7-3-2-4-8-15/h2-12,18H,13-14H2,1H3,(H,22,24,26). The third-order valence-electron chi connectivity index (χ3n) is 4.76. The molecule has 1 aliphatic rings. The van der Waals surface area contributed by atoms with E-state index in [4.69, 9.17) is 4.74 Å². The van der Waals surface area contributed by atoms with Crippen molar-refractivity contribution in [2.45, 2.75) is 12.5 Å². The van der Waals surface area contributed by atoms with Crippen molar-refractivity contribution >= 4 is 11.8 Å². The lowest BCUT2D eigenvalue weighted by Gasteiger charge is -2.35. The number of carbonyl (C=O) groups is 1. The lowest BCUT2D eigenvalue weighted by atomic mass is 9.85. The van der Waals surface area contributed by atoms with Crippen LogP contribution < -0.4 is 10.1 Å². The molecule has 0 radical (unpaired) electrons. The number of hydrogen-bond donors (Lipinski definition) is 1. The number of methoxy groups -OCH3 is 1. The third-order valence-corrected chi connectivity index (χ3v) is 4.76. The summed E-state index contributed by atoms with van der Waals surface area (Å²) in [6, 6.07) is 18.4. The Kier molecular flexibility index (Phi) is 4.70. The Morgan fingerprint density at radius 2 is 1.85 bits per heavy atom. The molecule has 6 heteroatoms. The first kappa shape index (κ1) is 17.0. The van der Waals surface area contributed by atoms with E-state index in [9.17, 15) is 4.79 Å². The minimum Gasteiger partial charge on any atom is -0.480 e. The molecule has 0 spiro atoms. The molecule has 0 saturated heterocycles. The average molecular weight is 360 g/mol. The molecular weight excluding hydrogens is 340 g/mol. The summed E-state index contributed by atoms with van der Waals surface area (Å²) in [4.78, 5) is 22.9. The lowest BCUT2D eigenvalue weighted by molar-refractivity contribution is 0.203. The fourth-order valence-electron chi connectivity index (χ4n) is 3.41. The Bertz CT molecular complexity index is 928. The average Bonchev–Trinajstić information content (AvgIpc) is 2.74. The fraction of sp³-hybridized carbons (Fsp3) is 0.190. The third kappa shape index (κ3) is 3.60. The number of rotatable bonds is 3. The molecule has 1 aliphatic heterocycles. The number of nitrogens with one attached hydrogen (secondary N) is 1. The molecule has 4 rings (SSSR count). The molecule has 136 valence electrons. The van der Waals surface area contributed by atoms with Gasteiger partial charge in [0.25, 0.3) is 0 Å². The zero-order valence-electron chi connectivity index (χ0n) is 15.0. The van der Waals surface area contributed by atoms with Gasteiger partial charge in [-0.05, 0) is 16.7 Å². The predicted octanol–water partition coefficient (Wildman–Crippen LogP) is 3.66. The molecule has 0 fully saturated rings. The summed E-state index contributed by atoms with van der Waals surface area (Å²) < 4.78 is 5.00. The Labute approximate surface area is 157 Å². The van der Waals surface area contributed by atoms with Gasteiger partial charge in [0.05, 0.1) is 19.5 Å². The first-order valence-corrected chi connectivity index (χ1v) is 8.79. The van der Waals surface area contributed by atoms with Crippen molar-refractivity contribution in [2.24, 2.45) is 0 Å². The Hall–Kier alpha value is -3.41.